The van der Waals surface area contributed by atoms with E-state index in [9.17, 15) is 9.50 Å². The summed E-state index contributed by atoms with van der Waals surface area (Å²) in [5, 5.41) is 9.90. The van der Waals surface area contributed by atoms with Crippen LogP contribution in [-0.4, -0.2) is 18.3 Å². The third-order valence-corrected chi connectivity index (χ3v) is 3.93. The van der Waals surface area contributed by atoms with Gasteiger partial charge in [0.15, 0.2) is 0 Å². The van der Waals surface area contributed by atoms with Crippen LogP contribution in [0.15, 0.2) is 48.5 Å². The zero-order valence-corrected chi connectivity index (χ0v) is 11.8. The third-order valence-electron chi connectivity index (χ3n) is 3.64. The Labute approximate surface area is 123 Å². The normalized spacial score (nSPS) is 14.0. The van der Waals surface area contributed by atoms with Gasteiger partial charge in [-0.15, -0.1) is 0 Å². The fourth-order valence-electron chi connectivity index (χ4n) is 2.35. The molecule has 4 heteroatoms. The Morgan fingerprint density at radius 1 is 1.10 bits per heavy atom. The van der Waals surface area contributed by atoms with Crippen molar-refractivity contribution in [3.8, 4) is 0 Å². The maximum Gasteiger partial charge on any atom is 0.145 e. The number of aliphatic hydroxyl groups excluding tert-OH is 1. The second-order valence-corrected chi connectivity index (χ2v) is 5.31. The number of aliphatic hydroxyl groups is 1. The highest BCUT2D eigenvalue weighted by Gasteiger charge is 2.31. The Morgan fingerprint density at radius 3 is 2.40 bits per heavy atom. The summed E-state index contributed by atoms with van der Waals surface area (Å²) < 4.78 is 14.1. The second kappa shape index (κ2) is 6.35. The highest BCUT2D eigenvalue weighted by molar-refractivity contribution is 6.30. The summed E-state index contributed by atoms with van der Waals surface area (Å²) in [5.74, 6) is -0.448. The lowest BCUT2D eigenvalue weighted by atomic mass is 9.76. The third kappa shape index (κ3) is 2.85. The van der Waals surface area contributed by atoms with Gasteiger partial charge in [-0.2, -0.15) is 0 Å². The SMILES string of the molecule is NCC(CO)(Cc1cccc(Cl)c1F)c1ccccc1. The minimum absolute atomic E-state index is 0.0828. The predicted molar refractivity (Wildman–Crippen MR) is 79.4 cm³/mol. The van der Waals surface area contributed by atoms with Crippen molar-refractivity contribution in [2.24, 2.45) is 5.73 Å². The van der Waals surface area contributed by atoms with Gasteiger partial charge < -0.3 is 10.8 Å². The van der Waals surface area contributed by atoms with E-state index in [0.717, 1.165) is 5.56 Å². The maximum atomic E-state index is 14.1. The van der Waals surface area contributed by atoms with E-state index in [1.54, 1.807) is 12.1 Å². The fourth-order valence-corrected chi connectivity index (χ4v) is 2.54. The minimum Gasteiger partial charge on any atom is -0.395 e. The van der Waals surface area contributed by atoms with E-state index in [0.29, 0.717) is 12.0 Å². The highest BCUT2D eigenvalue weighted by Crippen LogP contribution is 2.30. The Bertz CT molecular complexity index is 570. The van der Waals surface area contributed by atoms with Crippen molar-refractivity contribution >= 4 is 11.6 Å². The van der Waals surface area contributed by atoms with Crippen LogP contribution < -0.4 is 5.73 Å². The molecule has 0 heterocycles. The second-order valence-electron chi connectivity index (χ2n) is 4.90. The van der Waals surface area contributed by atoms with Crippen molar-refractivity contribution in [2.75, 3.05) is 13.2 Å². The molecule has 0 fully saturated rings. The van der Waals surface area contributed by atoms with Gasteiger partial charge in [0.25, 0.3) is 0 Å². The molecule has 0 bridgehead atoms. The van der Waals surface area contributed by atoms with E-state index in [1.807, 2.05) is 30.3 Å². The van der Waals surface area contributed by atoms with Gasteiger partial charge in [-0.1, -0.05) is 54.1 Å². The first-order chi connectivity index (χ1) is 9.63. The topological polar surface area (TPSA) is 46.2 Å². The quantitative estimate of drug-likeness (QED) is 0.890. The molecule has 2 nitrogen and oxygen atoms in total. The summed E-state index contributed by atoms with van der Waals surface area (Å²) in [6.45, 7) is 0.0684. The Morgan fingerprint density at radius 2 is 1.80 bits per heavy atom. The van der Waals surface area contributed by atoms with E-state index < -0.39 is 11.2 Å². The summed E-state index contributed by atoms with van der Waals surface area (Å²) in [6, 6.07) is 14.3. The number of halogens is 2. The van der Waals surface area contributed by atoms with Crippen LogP contribution in [0.25, 0.3) is 0 Å². The molecule has 0 aromatic heterocycles. The largest absolute Gasteiger partial charge is 0.395 e. The van der Waals surface area contributed by atoms with Gasteiger partial charge in [-0.3, -0.25) is 0 Å². The standard InChI is InChI=1S/C16H17ClFNO/c17-14-8-4-5-12(15(14)18)9-16(10-19,11-20)13-6-2-1-3-7-13/h1-8,20H,9-11,19H2. The smallest absolute Gasteiger partial charge is 0.145 e. The van der Waals surface area contributed by atoms with Gasteiger partial charge in [0.1, 0.15) is 5.82 Å². The molecular formula is C16H17ClFNO. The van der Waals surface area contributed by atoms with Crippen LogP contribution in [0.2, 0.25) is 5.02 Å². The number of rotatable bonds is 5. The summed E-state index contributed by atoms with van der Waals surface area (Å²) >= 11 is 5.81. The summed E-state index contributed by atoms with van der Waals surface area (Å²) in [7, 11) is 0. The first kappa shape index (κ1) is 15.0. The first-order valence-corrected chi connectivity index (χ1v) is 6.80. The van der Waals surface area contributed by atoms with Crippen LogP contribution in [0, 0.1) is 5.82 Å². The van der Waals surface area contributed by atoms with Crippen LogP contribution in [0.5, 0.6) is 0 Å². The number of hydrogen-bond acceptors (Lipinski definition) is 2. The fraction of sp³-hybridized carbons (Fsp3) is 0.250. The van der Waals surface area contributed by atoms with Gasteiger partial charge in [-0.05, 0) is 23.6 Å². The molecule has 0 aliphatic carbocycles. The maximum absolute atomic E-state index is 14.1. The van der Waals surface area contributed by atoms with E-state index in [4.69, 9.17) is 17.3 Å². The van der Waals surface area contributed by atoms with Gasteiger partial charge in [0, 0.05) is 12.0 Å². The minimum atomic E-state index is -0.702. The molecule has 2 aromatic rings. The molecular weight excluding hydrogens is 277 g/mol. The zero-order chi connectivity index (χ0) is 14.6. The molecule has 0 radical (unpaired) electrons. The number of nitrogens with two attached hydrogens (primary N) is 1. The average molecular weight is 294 g/mol. The van der Waals surface area contributed by atoms with Crippen LogP contribution in [0.4, 0.5) is 4.39 Å². The lowest BCUT2D eigenvalue weighted by Crippen LogP contribution is -2.41. The average Bonchev–Trinajstić information content (AvgIpc) is 2.50. The molecule has 3 N–H and O–H groups in total. The van der Waals surface area contributed by atoms with Crippen molar-refractivity contribution in [1.82, 2.24) is 0 Å². The Hall–Kier alpha value is -1.42. The Balaban J connectivity index is 2.42. The number of benzene rings is 2. The molecule has 0 spiro atoms. The molecule has 0 aliphatic heterocycles. The molecule has 2 aromatic carbocycles. The van der Waals surface area contributed by atoms with E-state index >= 15 is 0 Å². The van der Waals surface area contributed by atoms with Crippen LogP contribution in [0.3, 0.4) is 0 Å². The van der Waals surface area contributed by atoms with Crippen molar-refractivity contribution < 1.29 is 9.50 Å². The van der Waals surface area contributed by atoms with E-state index in [1.165, 1.54) is 6.07 Å². The van der Waals surface area contributed by atoms with Gasteiger partial charge in [0.2, 0.25) is 0 Å². The van der Waals surface area contributed by atoms with E-state index in [-0.39, 0.29) is 18.2 Å². The lowest BCUT2D eigenvalue weighted by Gasteiger charge is -2.31. The van der Waals surface area contributed by atoms with Crippen molar-refractivity contribution in [2.45, 2.75) is 11.8 Å². The highest BCUT2D eigenvalue weighted by atomic mass is 35.5. The summed E-state index contributed by atoms with van der Waals surface area (Å²) in [5.41, 5.74) is 6.52. The first-order valence-electron chi connectivity index (χ1n) is 6.42. The van der Waals surface area contributed by atoms with Crippen LogP contribution in [-0.2, 0) is 11.8 Å². The molecule has 106 valence electrons. The molecule has 1 atom stereocenters. The molecule has 1 unspecified atom stereocenters. The van der Waals surface area contributed by atoms with Gasteiger partial charge in [0.05, 0.1) is 11.6 Å². The molecule has 0 aliphatic rings. The molecule has 0 saturated carbocycles. The summed E-state index contributed by atoms with van der Waals surface area (Å²) in [4.78, 5) is 0. The van der Waals surface area contributed by atoms with Crippen LogP contribution >= 0.6 is 11.6 Å². The number of hydrogen-bond donors (Lipinski definition) is 2. The molecule has 0 amide bonds. The summed E-state index contributed by atoms with van der Waals surface area (Å²) in [6.07, 6.45) is 0.302. The van der Waals surface area contributed by atoms with Crippen molar-refractivity contribution in [3.63, 3.8) is 0 Å². The molecule has 20 heavy (non-hydrogen) atoms. The Kier molecular flexibility index (Phi) is 4.76. The zero-order valence-electron chi connectivity index (χ0n) is 11.0. The van der Waals surface area contributed by atoms with E-state index in [2.05, 4.69) is 0 Å². The molecule has 0 saturated heterocycles. The predicted octanol–water partition coefficient (Wildman–Crippen LogP) is 2.91. The lowest BCUT2D eigenvalue weighted by molar-refractivity contribution is 0.195. The molecule has 2 rings (SSSR count). The van der Waals surface area contributed by atoms with Crippen molar-refractivity contribution in [3.05, 3.63) is 70.5 Å². The van der Waals surface area contributed by atoms with Gasteiger partial charge >= 0.3 is 0 Å². The monoisotopic (exact) mass is 293 g/mol. The van der Waals surface area contributed by atoms with Crippen LogP contribution in [0.1, 0.15) is 11.1 Å². The van der Waals surface area contributed by atoms with Crippen molar-refractivity contribution in [1.29, 1.82) is 0 Å². The van der Waals surface area contributed by atoms with Gasteiger partial charge in [-0.25, -0.2) is 4.39 Å².